The highest BCUT2D eigenvalue weighted by atomic mass is 16.5. The molecule has 7 nitrogen and oxygen atoms in total. The zero-order chi connectivity index (χ0) is 24.1. The van der Waals surface area contributed by atoms with E-state index in [4.69, 9.17) is 4.74 Å². The third-order valence-corrected chi connectivity index (χ3v) is 6.18. The molecule has 1 aromatic carbocycles. The first-order chi connectivity index (χ1) is 16.0. The summed E-state index contributed by atoms with van der Waals surface area (Å²) in [5.41, 5.74) is 0.612. The number of ketones is 1. The highest BCUT2D eigenvalue weighted by Crippen LogP contribution is 2.15. The summed E-state index contributed by atoms with van der Waals surface area (Å²) in [6.07, 6.45) is 4.59. The number of ether oxygens (including phenoxy) is 1. The van der Waals surface area contributed by atoms with Crippen LogP contribution in [0.25, 0.3) is 0 Å². The topological polar surface area (TPSA) is 70.2 Å². The predicted octanol–water partition coefficient (Wildman–Crippen LogP) is 3.62. The number of unbranched alkanes of at least 4 members (excludes halogenated alkanes) is 2. The largest absolute Gasteiger partial charge is 0.494 e. The normalized spacial score (nSPS) is 14.6. The van der Waals surface area contributed by atoms with Gasteiger partial charge in [0.2, 0.25) is 11.8 Å². The molecule has 0 saturated carbocycles. The van der Waals surface area contributed by atoms with Crippen LogP contribution in [0, 0.1) is 0 Å². The van der Waals surface area contributed by atoms with Crippen LogP contribution < -0.4 is 4.74 Å². The summed E-state index contributed by atoms with van der Waals surface area (Å²) in [5, 5.41) is 0. The van der Waals surface area contributed by atoms with E-state index in [-0.39, 0.29) is 30.4 Å². The molecule has 0 unspecified atom stereocenters. The van der Waals surface area contributed by atoms with Gasteiger partial charge in [-0.3, -0.25) is 19.3 Å². The van der Waals surface area contributed by atoms with Crippen molar-refractivity contribution >= 4 is 17.6 Å². The molecular weight excluding hydrogens is 418 g/mol. The summed E-state index contributed by atoms with van der Waals surface area (Å²) in [6.45, 7) is 11.4. The summed E-state index contributed by atoms with van der Waals surface area (Å²) in [4.78, 5) is 43.4. The molecule has 7 heteroatoms. The van der Waals surface area contributed by atoms with E-state index in [1.807, 2.05) is 35.8 Å². The van der Waals surface area contributed by atoms with Crippen molar-refractivity contribution in [2.45, 2.75) is 59.3 Å². The van der Waals surface area contributed by atoms with E-state index in [0.717, 1.165) is 51.1 Å². The lowest BCUT2D eigenvalue weighted by atomic mass is 10.1. The van der Waals surface area contributed by atoms with Gasteiger partial charge in [0.05, 0.1) is 13.2 Å². The maximum atomic E-state index is 12.7. The molecule has 33 heavy (non-hydrogen) atoms. The highest BCUT2D eigenvalue weighted by Gasteiger charge is 2.22. The monoisotopic (exact) mass is 459 g/mol. The number of carbonyl (C=O) groups is 3. The molecular formula is C26H41N3O4. The standard InChI is InChI=1S/C26H41N3O4/c1-4-7-8-20-33-23-12-10-22(11-13-23)24(30)14-15-25(31)29-17-9-16-27(18-19-29)21-26(32)28(5-2)6-3/h10-13H,4-9,14-21H2,1-3H3. The van der Waals surface area contributed by atoms with Gasteiger partial charge in [-0.1, -0.05) is 19.8 Å². The van der Waals surface area contributed by atoms with Crippen molar-refractivity contribution in [3.63, 3.8) is 0 Å². The van der Waals surface area contributed by atoms with E-state index in [9.17, 15) is 14.4 Å². The number of Topliss-reactive ketones (excluding diaryl/α,β-unsaturated/α-hetero) is 1. The minimum Gasteiger partial charge on any atom is -0.494 e. The maximum Gasteiger partial charge on any atom is 0.236 e. The van der Waals surface area contributed by atoms with Gasteiger partial charge in [0.25, 0.3) is 0 Å². The molecule has 0 N–H and O–H groups in total. The van der Waals surface area contributed by atoms with E-state index >= 15 is 0 Å². The van der Waals surface area contributed by atoms with Gasteiger partial charge in [0.15, 0.2) is 5.78 Å². The molecule has 2 amide bonds. The number of hydrogen-bond donors (Lipinski definition) is 0. The second kappa shape index (κ2) is 14.7. The number of carbonyl (C=O) groups excluding carboxylic acids is 3. The Balaban J connectivity index is 1.75. The Morgan fingerprint density at radius 2 is 1.64 bits per heavy atom. The fourth-order valence-corrected chi connectivity index (χ4v) is 4.05. The summed E-state index contributed by atoms with van der Waals surface area (Å²) < 4.78 is 5.69. The molecule has 0 spiro atoms. The lowest BCUT2D eigenvalue weighted by Crippen LogP contribution is -2.42. The Morgan fingerprint density at radius 1 is 0.909 bits per heavy atom. The molecule has 1 aliphatic heterocycles. The Morgan fingerprint density at radius 3 is 2.30 bits per heavy atom. The number of benzene rings is 1. The van der Waals surface area contributed by atoms with Crippen LogP contribution in [0.5, 0.6) is 5.75 Å². The number of likely N-dealkylation sites (N-methyl/N-ethyl adjacent to an activating group) is 1. The van der Waals surface area contributed by atoms with Crippen LogP contribution in [0.4, 0.5) is 0 Å². The van der Waals surface area contributed by atoms with Crippen molar-refractivity contribution in [2.24, 2.45) is 0 Å². The van der Waals surface area contributed by atoms with Crippen LogP contribution in [-0.2, 0) is 9.59 Å². The minimum atomic E-state index is -0.0258. The van der Waals surface area contributed by atoms with E-state index in [0.29, 0.717) is 38.3 Å². The maximum absolute atomic E-state index is 12.7. The number of amides is 2. The van der Waals surface area contributed by atoms with Gasteiger partial charge in [-0.15, -0.1) is 0 Å². The first-order valence-corrected chi connectivity index (χ1v) is 12.5. The Kier molecular flexibility index (Phi) is 11.9. The molecule has 1 aromatic rings. The van der Waals surface area contributed by atoms with E-state index in [1.165, 1.54) is 0 Å². The molecule has 0 radical (unpaired) electrons. The van der Waals surface area contributed by atoms with Crippen LogP contribution in [0.3, 0.4) is 0 Å². The van der Waals surface area contributed by atoms with Crippen molar-refractivity contribution in [3.8, 4) is 5.75 Å². The van der Waals surface area contributed by atoms with Gasteiger partial charge in [-0.2, -0.15) is 0 Å². The molecule has 1 aliphatic rings. The summed E-state index contributed by atoms with van der Waals surface area (Å²) >= 11 is 0. The Labute approximate surface area is 199 Å². The molecule has 0 aliphatic carbocycles. The average Bonchev–Trinajstić information content (AvgIpc) is 3.07. The van der Waals surface area contributed by atoms with Crippen LogP contribution in [-0.4, -0.2) is 84.7 Å². The van der Waals surface area contributed by atoms with E-state index in [1.54, 1.807) is 12.1 Å². The number of rotatable bonds is 13. The number of hydrogen-bond acceptors (Lipinski definition) is 5. The van der Waals surface area contributed by atoms with Gasteiger partial charge in [0, 0.05) is 57.7 Å². The number of nitrogens with zero attached hydrogens (tertiary/aromatic N) is 3. The van der Waals surface area contributed by atoms with Gasteiger partial charge >= 0.3 is 0 Å². The third-order valence-electron chi connectivity index (χ3n) is 6.18. The molecule has 184 valence electrons. The molecule has 1 heterocycles. The van der Waals surface area contributed by atoms with Crippen molar-refractivity contribution in [2.75, 3.05) is 52.4 Å². The summed E-state index contributed by atoms with van der Waals surface area (Å²) in [5.74, 6) is 0.897. The molecule has 1 fully saturated rings. The van der Waals surface area contributed by atoms with Gasteiger partial charge in [-0.25, -0.2) is 0 Å². The van der Waals surface area contributed by atoms with Gasteiger partial charge in [0.1, 0.15) is 5.75 Å². The quantitative estimate of drug-likeness (QED) is 0.333. The zero-order valence-electron chi connectivity index (χ0n) is 20.7. The van der Waals surface area contributed by atoms with Crippen LogP contribution in [0.15, 0.2) is 24.3 Å². The van der Waals surface area contributed by atoms with Crippen molar-refractivity contribution in [1.82, 2.24) is 14.7 Å². The van der Waals surface area contributed by atoms with E-state index < -0.39 is 0 Å². The van der Waals surface area contributed by atoms with Gasteiger partial charge in [-0.05, 0) is 51.0 Å². The second-order valence-corrected chi connectivity index (χ2v) is 8.58. The first kappa shape index (κ1) is 26.8. The molecule has 0 aromatic heterocycles. The zero-order valence-corrected chi connectivity index (χ0v) is 20.7. The smallest absolute Gasteiger partial charge is 0.236 e. The summed E-state index contributed by atoms with van der Waals surface area (Å²) in [7, 11) is 0. The first-order valence-electron chi connectivity index (χ1n) is 12.5. The van der Waals surface area contributed by atoms with Crippen LogP contribution in [0.2, 0.25) is 0 Å². The van der Waals surface area contributed by atoms with Gasteiger partial charge < -0.3 is 14.5 Å². The lowest BCUT2D eigenvalue weighted by Gasteiger charge is -2.25. The molecule has 2 rings (SSSR count). The fourth-order valence-electron chi connectivity index (χ4n) is 4.05. The van der Waals surface area contributed by atoms with Crippen LogP contribution >= 0.6 is 0 Å². The predicted molar refractivity (Wildman–Crippen MR) is 131 cm³/mol. The summed E-state index contributed by atoms with van der Waals surface area (Å²) in [6, 6.07) is 7.20. The second-order valence-electron chi connectivity index (χ2n) is 8.58. The highest BCUT2D eigenvalue weighted by molar-refractivity contribution is 5.98. The molecule has 1 saturated heterocycles. The van der Waals surface area contributed by atoms with Crippen molar-refractivity contribution < 1.29 is 19.1 Å². The minimum absolute atomic E-state index is 0.0103. The van der Waals surface area contributed by atoms with Crippen molar-refractivity contribution in [3.05, 3.63) is 29.8 Å². The average molecular weight is 460 g/mol. The third kappa shape index (κ3) is 9.16. The Hall–Kier alpha value is -2.41. The Bertz CT molecular complexity index is 746. The van der Waals surface area contributed by atoms with Crippen LogP contribution in [0.1, 0.15) is 69.7 Å². The molecule has 0 bridgehead atoms. The SMILES string of the molecule is CCCCCOc1ccc(C(=O)CCC(=O)N2CCCN(CC(=O)N(CC)CC)CC2)cc1. The van der Waals surface area contributed by atoms with Crippen molar-refractivity contribution in [1.29, 1.82) is 0 Å². The lowest BCUT2D eigenvalue weighted by molar-refractivity contribution is -0.132. The molecule has 0 atom stereocenters. The van der Waals surface area contributed by atoms with E-state index in [2.05, 4.69) is 11.8 Å². The fraction of sp³-hybridized carbons (Fsp3) is 0.654.